The molecule has 2 heteroatoms. The molecular formula is C7H17AlS. The highest BCUT2D eigenvalue weighted by atomic mass is 32.3. The lowest BCUT2D eigenvalue weighted by molar-refractivity contribution is 0.964. The highest BCUT2D eigenvalue weighted by Gasteiger charge is 2.23. The van der Waals surface area contributed by atoms with Crippen molar-refractivity contribution in [1.29, 1.82) is 0 Å². The summed E-state index contributed by atoms with van der Waals surface area (Å²) in [6.45, 7) is 9.42. The second-order valence-corrected chi connectivity index (χ2v) is 10.3. The number of rotatable bonds is 3. The smallest absolute Gasteiger partial charge is 0.258 e. The first-order valence-electron chi connectivity index (χ1n) is 3.62. The molecule has 0 rings (SSSR count). The summed E-state index contributed by atoms with van der Waals surface area (Å²) in [5, 5.41) is 0. The average Bonchev–Trinajstić information content (AvgIpc) is 1.64. The molecular weight excluding hydrogens is 143 g/mol. The van der Waals surface area contributed by atoms with E-state index in [4.69, 9.17) is 0 Å². The molecule has 0 spiro atoms. The molecule has 0 aliphatic carbocycles. The molecule has 0 radical (unpaired) electrons. The summed E-state index contributed by atoms with van der Waals surface area (Å²) in [5.74, 6) is 0. The number of hydrogen-bond acceptors (Lipinski definition) is 1. The van der Waals surface area contributed by atoms with Gasteiger partial charge in [-0.25, -0.2) is 0 Å². The van der Waals surface area contributed by atoms with Crippen LogP contribution in [-0.2, 0) is 0 Å². The fourth-order valence-corrected chi connectivity index (χ4v) is 7.21. The Kier molecular flexibility index (Phi) is 5.12. The lowest BCUT2D eigenvalue weighted by Gasteiger charge is -2.15. The molecule has 0 aliphatic rings. The van der Waals surface area contributed by atoms with Crippen molar-refractivity contribution in [3.63, 3.8) is 0 Å². The second-order valence-electron chi connectivity index (χ2n) is 3.19. The summed E-state index contributed by atoms with van der Waals surface area (Å²) in [6, 6.07) is 0. The van der Waals surface area contributed by atoms with Crippen LogP contribution in [0.15, 0.2) is 0 Å². The molecule has 0 bridgehead atoms. The van der Waals surface area contributed by atoms with Crippen LogP contribution in [-0.4, -0.2) is 19.3 Å². The fourth-order valence-electron chi connectivity index (χ4n) is 1.31. The third-order valence-corrected chi connectivity index (χ3v) is 9.66. The molecule has 0 aromatic carbocycles. The molecule has 0 aromatic rings. The normalized spacial score (nSPS) is 11.0. The Morgan fingerprint density at radius 3 is 1.33 bits per heavy atom. The van der Waals surface area contributed by atoms with Gasteiger partial charge in [-0.15, -0.1) is 0 Å². The molecule has 0 aromatic heterocycles. The summed E-state index contributed by atoms with van der Waals surface area (Å²) in [5.41, 5.74) is 0. The van der Waals surface area contributed by atoms with Gasteiger partial charge >= 0.3 is 13.0 Å². The van der Waals surface area contributed by atoms with Crippen molar-refractivity contribution in [1.82, 2.24) is 0 Å². The van der Waals surface area contributed by atoms with Crippen molar-refractivity contribution >= 4 is 23.1 Å². The standard InChI is InChI=1S/2C3H7.CH4S.Al/c2*1-3-2;1-2;/h2*3H,1-2H3;2H,1H3;/q;;;+1/p-1. The molecule has 0 aliphatic heterocycles. The summed E-state index contributed by atoms with van der Waals surface area (Å²) in [7, 11) is 2.12. The lowest BCUT2D eigenvalue weighted by atomic mass is 10.5. The summed E-state index contributed by atoms with van der Waals surface area (Å²) >= 11 is -0.443. The fraction of sp³-hybridized carbons (Fsp3) is 1.00. The van der Waals surface area contributed by atoms with Crippen LogP contribution in [0.4, 0.5) is 0 Å². The van der Waals surface area contributed by atoms with Gasteiger partial charge in [0.15, 0.2) is 0 Å². The maximum atomic E-state index is 2.35. The predicted molar refractivity (Wildman–Crippen MR) is 49.5 cm³/mol. The van der Waals surface area contributed by atoms with Gasteiger partial charge in [0.25, 0.3) is 0 Å². The molecule has 0 amide bonds. The van der Waals surface area contributed by atoms with E-state index in [0.29, 0.717) is 0 Å². The van der Waals surface area contributed by atoms with Gasteiger partial charge in [0, 0.05) is 0 Å². The quantitative estimate of drug-likeness (QED) is 0.571. The van der Waals surface area contributed by atoms with Crippen LogP contribution in [0.3, 0.4) is 0 Å². The van der Waals surface area contributed by atoms with Crippen molar-refractivity contribution in [3.8, 4) is 0 Å². The van der Waals surface area contributed by atoms with Gasteiger partial charge in [0.2, 0.25) is 0 Å². The Bertz CT molecular complexity index is 63.3. The largest absolute Gasteiger partial charge is 0.354 e. The maximum Gasteiger partial charge on any atom is 0.354 e. The minimum Gasteiger partial charge on any atom is -0.258 e. The van der Waals surface area contributed by atoms with E-state index in [9.17, 15) is 0 Å². The first-order chi connectivity index (χ1) is 4.09. The van der Waals surface area contributed by atoms with Crippen LogP contribution in [0.25, 0.3) is 0 Å². The molecule has 9 heavy (non-hydrogen) atoms. The van der Waals surface area contributed by atoms with E-state index in [1.807, 2.05) is 0 Å². The van der Waals surface area contributed by atoms with Crippen molar-refractivity contribution < 1.29 is 0 Å². The first-order valence-corrected chi connectivity index (χ1v) is 7.66. The summed E-state index contributed by atoms with van der Waals surface area (Å²) in [4.78, 5) is 0. The molecule has 0 N–H and O–H groups in total. The minimum atomic E-state index is -0.443. The molecule has 0 unspecified atom stereocenters. The van der Waals surface area contributed by atoms with Crippen molar-refractivity contribution in [2.75, 3.05) is 6.26 Å². The zero-order chi connectivity index (χ0) is 7.44. The zero-order valence-corrected chi connectivity index (χ0v) is 9.11. The topological polar surface area (TPSA) is 0 Å². The zero-order valence-electron chi connectivity index (χ0n) is 7.14. The van der Waals surface area contributed by atoms with Crippen LogP contribution >= 0.6 is 10.1 Å². The maximum absolute atomic E-state index is 2.35. The molecule has 0 saturated heterocycles. The van der Waals surface area contributed by atoms with E-state index in [2.05, 4.69) is 44.1 Å². The van der Waals surface area contributed by atoms with Gasteiger partial charge < -0.3 is 0 Å². The minimum absolute atomic E-state index is 0.443. The summed E-state index contributed by atoms with van der Waals surface area (Å²) in [6.07, 6.45) is 2.26. The van der Waals surface area contributed by atoms with E-state index in [1.165, 1.54) is 0 Å². The van der Waals surface area contributed by atoms with E-state index in [-0.39, 0.29) is 0 Å². The third kappa shape index (κ3) is 3.55. The Labute approximate surface area is 66.8 Å². The second kappa shape index (κ2) is 4.66. The van der Waals surface area contributed by atoms with Crippen LogP contribution in [0, 0.1) is 0 Å². The van der Waals surface area contributed by atoms with Crippen molar-refractivity contribution in [3.05, 3.63) is 0 Å². The van der Waals surface area contributed by atoms with Crippen LogP contribution in [0.1, 0.15) is 27.7 Å². The lowest BCUT2D eigenvalue weighted by Crippen LogP contribution is -2.15. The molecule has 0 heterocycles. The van der Waals surface area contributed by atoms with E-state index in [0.717, 1.165) is 9.56 Å². The molecule has 0 saturated carbocycles. The Morgan fingerprint density at radius 2 is 1.33 bits per heavy atom. The Morgan fingerprint density at radius 1 is 1.00 bits per heavy atom. The highest BCUT2D eigenvalue weighted by molar-refractivity contribution is 8.25. The van der Waals surface area contributed by atoms with Crippen LogP contribution in [0.5, 0.6) is 0 Å². The van der Waals surface area contributed by atoms with E-state index < -0.39 is 13.0 Å². The SMILES string of the molecule is C[S][Al]([CH](C)C)[CH](C)C. The predicted octanol–water partition coefficient (Wildman–Crippen LogP) is 3.16. The Balaban J connectivity index is 3.68. The molecule has 0 atom stereocenters. The average molecular weight is 160 g/mol. The van der Waals surface area contributed by atoms with E-state index >= 15 is 0 Å². The molecule has 0 fully saturated rings. The molecule has 54 valence electrons. The van der Waals surface area contributed by atoms with Gasteiger partial charge in [-0.2, -0.15) is 0 Å². The highest BCUT2D eigenvalue weighted by Crippen LogP contribution is 2.27. The van der Waals surface area contributed by atoms with Crippen molar-refractivity contribution in [2.45, 2.75) is 37.3 Å². The third-order valence-electron chi connectivity index (χ3n) is 1.59. The van der Waals surface area contributed by atoms with Crippen LogP contribution in [0.2, 0.25) is 9.56 Å². The van der Waals surface area contributed by atoms with E-state index in [1.54, 1.807) is 0 Å². The van der Waals surface area contributed by atoms with Gasteiger partial charge in [0.05, 0.1) is 0 Å². The summed E-state index contributed by atoms with van der Waals surface area (Å²) < 4.78 is 1.92. The number of hydrogen-bond donors (Lipinski definition) is 0. The van der Waals surface area contributed by atoms with Gasteiger partial charge in [-0.3, -0.25) is 10.1 Å². The Hall–Kier alpha value is 0.882. The van der Waals surface area contributed by atoms with Gasteiger partial charge in [-0.1, -0.05) is 37.3 Å². The van der Waals surface area contributed by atoms with Gasteiger partial charge in [0.1, 0.15) is 0 Å². The van der Waals surface area contributed by atoms with Crippen molar-refractivity contribution in [2.24, 2.45) is 0 Å². The van der Waals surface area contributed by atoms with Gasteiger partial charge in [-0.05, 0) is 6.26 Å². The molecule has 0 nitrogen and oxygen atoms in total. The monoisotopic (exact) mass is 160 g/mol. The first kappa shape index (κ1) is 9.88. The van der Waals surface area contributed by atoms with Crippen LogP contribution < -0.4 is 0 Å².